The first-order chi connectivity index (χ1) is 15.4. The molecule has 1 aliphatic rings. The van der Waals surface area contributed by atoms with Crippen molar-refractivity contribution in [1.29, 1.82) is 0 Å². The first-order valence-electron chi connectivity index (χ1n) is 10.7. The van der Waals surface area contributed by atoms with Crippen molar-refractivity contribution >= 4 is 44.7 Å². The van der Waals surface area contributed by atoms with Crippen LogP contribution in [0, 0.1) is 10.1 Å². The molecule has 1 fully saturated rings. The molecule has 0 saturated heterocycles. The van der Waals surface area contributed by atoms with Crippen molar-refractivity contribution < 1.29 is 9.72 Å². The Bertz CT molecular complexity index is 1120. The molecule has 2 aromatic heterocycles. The molecule has 1 amide bonds. The number of hydrogen-bond donors (Lipinski definition) is 3. The smallest absolute Gasteiger partial charge is 0.255 e. The van der Waals surface area contributed by atoms with Crippen LogP contribution in [0.1, 0.15) is 49.9 Å². The molecule has 2 heterocycles. The van der Waals surface area contributed by atoms with Crippen LogP contribution < -0.4 is 16.0 Å². The van der Waals surface area contributed by atoms with Gasteiger partial charge in [0.2, 0.25) is 6.04 Å². The number of rotatable bonds is 7. The molecule has 0 atom stereocenters. The first-order valence-corrected chi connectivity index (χ1v) is 11.6. The molecule has 1 saturated carbocycles. The third kappa shape index (κ3) is 5.13. The highest BCUT2D eigenvalue weighted by atomic mass is 32.1. The molecule has 168 valence electrons. The van der Waals surface area contributed by atoms with E-state index in [0.29, 0.717) is 42.8 Å². The number of pyridine rings is 1. The van der Waals surface area contributed by atoms with E-state index in [9.17, 15) is 14.9 Å². The number of thiazole rings is 1. The number of aromatic nitrogens is 2. The number of carbonyl (C=O) groups excluding carboxylic acids is 1. The average molecular weight is 455 g/mol. The monoisotopic (exact) mass is 454 g/mol. The molecule has 32 heavy (non-hydrogen) atoms. The minimum Gasteiger partial charge on any atom is -0.382 e. The fourth-order valence-electron chi connectivity index (χ4n) is 3.91. The summed E-state index contributed by atoms with van der Waals surface area (Å²) in [6.07, 6.45) is 3.76. The van der Waals surface area contributed by atoms with Gasteiger partial charge in [-0.1, -0.05) is 0 Å². The van der Waals surface area contributed by atoms with E-state index in [1.165, 1.54) is 0 Å². The van der Waals surface area contributed by atoms with Gasteiger partial charge in [-0.2, -0.15) is 0 Å². The van der Waals surface area contributed by atoms with E-state index in [4.69, 9.17) is 0 Å². The van der Waals surface area contributed by atoms with Gasteiger partial charge in [-0.05, 0) is 44.9 Å². The Balaban J connectivity index is 1.49. The SMILES string of the molecule is CC(C)Nc1cc(Nc2ccc3ncsc3c2)ncc1C(=O)N[C@H]1CC[C@H]([N+](=O)[O-])CC1. The number of carbonyl (C=O) groups is 1. The van der Waals surface area contributed by atoms with Crippen LogP contribution in [-0.2, 0) is 0 Å². The largest absolute Gasteiger partial charge is 0.382 e. The zero-order valence-electron chi connectivity index (χ0n) is 18.0. The molecule has 3 aromatic rings. The molecule has 9 nitrogen and oxygen atoms in total. The summed E-state index contributed by atoms with van der Waals surface area (Å²) in [4.78, 5) is 32.4. The number of fused-ring (bicyclic) bond motifs is 1. The zero-order chi connectivity index (χ0) is 22.7. The average Bonchev–Trinajstić information content (AvgIpc) is 3.22. The number of hydrogen-bond acceptors (Lipinski definition) is 8. The quantitative estimate of drug-likeness (QED) is 0.353. The number of nitrogens with zero attached hydrogens (tertiary/aromatic N) is 3. The van der Waals surface area contributed by atoms with Crippen molar-refractivity contribution in [3.63, 3.8) is 0 Å². The third-order valence-corrected chi connectivity index (χ3v) is 6.32. The Morgan fingerprint density at radius 3 is 2.69 bits per heavy atom. The summed E-state index contributed by atoms with van der Waals surface area (Å²) in [7, 11) is 0. The van der Waals surface area contributed by atoms with Gasteiger partial charge in [0, 0.05) is 47.8 Å². The van der Waals surface area contributed by atoms with Crippen LogP contribution in [0.3, 0.4) is 0 Å². The number of anilines is 3. The van der Waals surface area contributed by atoms with Crippen LogP contribution in [0.15, 0.2) is 36.0 Å². The molecule has 3 N–H and O–H groups in total. The maximum absolute atomic E-state index is 13.0. The van der Waals surface area contributed by atoms with Crippen molar-refractivity contribution in [2.24, 2.45) is 0 Å². The van der Waals surface area contributed by atoms with Crippen LogP contribution in [0.25, 0.3) is 10.2 Å². The lowest BCUT2D eigenvalue weighted by molar-refractivity contribution is -0.526. The van der Waals surface area contributed by atoms with Crippen LogP contribution in [0.5, 0.6) is 0 Å². The van der Waals surface area contributed by atoms with Gasteiger partial charge < -0.3 is 16.0 Å². The Morgan fingerprint density at radius 2 is 1.97 bits per heavy atom. The Labute approximate surface area is 189 Å². The second kappa shape index (κ2) is 9.47. The normalized spacial score (nSPS) is 18.5. The zero-order valence-corrected chi connectivity index (χ0v) is 18.8. The van der Waals surface area contributed by atoms with E-state index in [0.717, 1.165) is 15.9 Å². The van der Waals surface area contributed by atoms with E-state index in [1.807, 2.05) is 43.6 Å². The van der Waals surface area contributed by atoms with Crippen LogP contribution in [0.2, 0.25) is 0 Å². The van der Waals surface area contributed by atoms with E-state index in [-0.39, 0.29) is 22.9 Å². The standard InChI is InChI=1S/C22H26N6O3S/c1-13(2)25-19-10-21(26-15-5-8-18-20(9-15)32-12-24-18)23-11-17(19)22(29)27-14-3-6-16(7-4-14)28(30)31/h5,8-14,16H,3-4,6-7H2,1-2H3,(H,27,29)(H2,23,25,26)/t14-,16-. The lowest BCUT2D eigenvalue weighted by Gasteiger charge is -2.25. The molecule has 0 radical (unpaired) electrons. The van der Waals surface area contributed by atoms with E-state index in [1.54, 1.807) is 17.5 Å². The molecular weight excluding hydrogens is 428 g/mol. The van der Waals surface area contributed by atoms with Crippen molar-refractivity contribution in [2.75, 3.05) is 10.6 Å². The number of nitrogens with one attached hydrogen (secondary N) is 3. The Kier molecular flexibility index (Phi) is 6.50. The summed E-state index contributed by atoms with van der Waals surface area (Å²) in [6.45, 7) is 4.01. The van der Waals surface area contributed by atoms with E-state index >= 15 is 0 Å². The first kappa shape index (κ1) is 21.9. The van der Waals surface area contributed by atoms with Gasteiger partial charge in [0.15, 0.2) is 0 Å². The molecule has 1 aliphatic carbocycles. The highest BCUT2D eigenvalue weighted by Gasteiger charge is 2.29. The van der Waals surface area contributed by atoms with Crippen molar-refractivity contribution in [1.82, 2.24) is 15.3 Å². The summed E-state index contributed by atoms with van der Waals surface area (Å²) in [5.41, 5.74) is 4.81. The maximum Gasteiger partial charge on any atom is 0.255 e. The summed E-state index contributed by atoms with van der Waals surface area (Å²) in [6, 6.07) is 7.31. The Morgan fingerprint density at radius 1 is 1.19 bits per heavy atom. The third-order valence-electron chi connectivity index (χ3n) is 5.53. The van der Waals surface area contributed by atoms with Crippen LogP contribution >= 0.6 is 11.3 Å². The number of amides is 1. The molecule has 0 bridgehead atoms. The van der Waals surface area contributed by atoms with Gasteiger partial charge in [0.25, 0.3) is 5.91 Å². The predicted molar refractivity (Wildman–Crippen MR) is 126 cm³/mol. The lowest BCUT2D eigenvalue weighted by Crippen LogP contribution is -2.40. The number of benzene rings is 1. The van der Waals surface area contributed by atoms with Crippen LogP contribution in [-0.4, -0.2) is 38.9 Å². The summed E-state index contributed by atoms with van der Waals surface area (Å²) in [5.74, 6) is 0.405. The topological polar surface area (TPSA) is 122 Å². The molecule has 0 aliphatic heterocycles. The van der Waals surface area contributed by atoms with Crippen LogP contribution in [0.4, 0.5) is 17.2 Å². The van der Waals surface area contributed by atoms with E-state index in [2.05, 4.69) is 25.9 Å². The van der Waals surface area contributed by atoms with Gasteiger partial charge in [0.1, 0.15) is 5.82 Å². The van der Waals surface area contributed by atoms with Gasteiger partial charge in [0.05, 0.1) is 27.0 Å². The van der Waals surface area contributed by atoms with Gasteiger partial charge in [-0.3, -0.25) is 14.9 Å². The van der Waals surface area contributed by atoms with Gasteiger partial charge in [-0.25, -0.2) is 9.97 Å². The fraction of sp³-hybridized carbons (Fsp3) is 0.409. The van der Waals surface area contributed by atoms with Gasteiger partial charge in [-0.15, -0.1) is 11.3 Å². The van der Waals surface area contributed by atoms with Crippen molar-refractivity contribution in [2.45, 2.75) is 57.7 Å². The minimum atomic E-state index is -0.502. The van der Waals surface area contributed by atoms with Gasteiger partial charge >= 0.3 is 0 Å². The maximum atomic E-state index is 13.0. The predicted octanol–water partition coefficient (Wildman–Crippen LogP) is 4.57. The second-order valence-electron chi connectivity index (χ2n) is 8.34. The molecule has 10 heteroatoms. The summed E-state index contributed by atoms with van der Waals surface area (Å²) in [5, 5.41) is 20.6. The highest BCUT2D eigenvalue weighted by Crippen LogP contribution is 2.27. The molecule has 4 rings (SSSR count). The van der Waals surface area contributed by atoms with Crippen molar-refractivity contribution in [3.05, 3.63) is 51.7 Å². The van der Waals surface area contributed by atoms with E-state index < -0.39 is 6.04 Å². The summed E-state index contributed by atoms with van der Waals surface area (Å²) < 4.78 is 1.08. The number of nitro groups is 1. The van der Waals surface area contributed by atoms with Crippen molar-refractivity contribution in [3.8, 4) is 0 Å². The second-order valence-corrected chi connectivity index (χ2v) is 9.22. The molecule has 0 unspecified atom stereocenters. The lowest BCUT2D eigenvalue weighted by atomic mass is 9.91. The minimum absolute atomic E-state index is 0.0606. The molecular formula is C22H26N6O3S. The summed E-state index contributed by atoms with van der Waals surface area (Å²) >= 11 is 1.57. The fourth-order valence-corrected chi connectivity index (χ4v) is 4.63. The highest BCUT2D eigenvalue weighted by molar-refractivity contribution is 7.16. The molecule has 0 spiro atoms. The Hall–Kier alpha value is -3.27. The molecule has 1 aromatic carbocycles.